The van der Waals surface area contributed by atoms with Gasteiger partial charge >= 0.3 is 5.97 Å². The Kier molecular flexibility index (Phi) is 9.40. The Morgan fingerprint density at radius 1 is 0.882 bits per heavy atom. The Morgan fingerprint density at radius 2 is 1.62 bits per heavy atom. The summed E-state index contributed by atoms with van der Waals surface area (Å²) in [6, 6.07) is 19.5. The highest BCUT2D eigenvalue weighted by atomic mass is 16.5. The average Bonchev–Trinajstić information content (AvgIpc) is 2.89. The van der Waals surface area contributed by atoms with Gasteiger partial charge in [0.1, 0.15) is 11.8 Å². The van der Waals surface area contributed by atoms with E-state index >= 15 is 0 Å². The fourth-order valence-corrected chi connectivity index (χ4v) is 5.33. The van der Waals surface area contributed by atoms with Gasteiger partial charge in [-0.3, -0.25) is 9.69 Å². The highest BCUT2D eigenvalue weighted by Crippen LogP contribution is 2.26. The van der Waals surface area contributed by atoms with E-state index in [0.29, 0.717) is 19.3 Å². The van der Waals surface area contributed by atoms with Gasteiger partial charge in [0.25, 0.3) is 0 Å². The molecule has 0 amide bonds. The first kappa shape index (κ1) is 24.7. The van der Waals surface area contributed by atoms with Crippen LogP contribution < -0.4 is 4.74 Å². The molecule has 0 bridgehead atoms. The van der Waals surface area contributed by atoms with Gasteiger partial charge in [0, 0.05) is 19.0 Å². The van der Waals surface area contributed by atoms with Gasteiger partial charge in [0.2, 0.25) is 0 Å². The highest BCUT2D eigenvalue weighted by molar-refractivity contribution is 5.76. The lowest BCUT2D eigenvalue weighted by Gasteiger charge is -2.43. The van der Waals surface area contributed by atoms with Gasteiger partial charge in [-0.15, -0.1) is 0 Å². The zero-order valence-corrected chi connectivity index (χ0v) is 20.7. The zero-order valence-electron chi connectivity index (χ0n) is 20.7. The molecule has 2 aliphatic heterocycles. The number of rotatable bonds is 10. The number of carbonyl (C=O) groups is 1. The fourth-order valence-electron chi connectivity index (χ4n) is 5.33. The fraction of sp³-hybridized carbons (Fsp3) is 0.552. The Bertz CT molecular complexity index is 863. The third kappa shape index (κ3) is 7.07. The van der Waals surface area contributed by atoms with Crippen molar-refractivity contribution in [2.75, 3.05) is 39.4 Å². The van der Waals surface area contributed by atoms with Crippen molar-refractivity contribution >= 4 is 5.97 Å². The summed E-state index contributed by atoms with van der Waals surface area (Å²) in [6.45, 7) is 7.41. The van der Waals surface area contributed by atoms with Crippen molar-refractivity contribution in [3.05, 3.63) is 65.7 Å². The Morgan fingerprint density at radius 3 is 2.35 bits per heavy atom. The first-order valence-electron chi connectivity index (χ1n) is 13.1. The number of piperidine rings is 2. The van der Waals surface area contributed by atoms with E-state index in [2.05, 4.69) is 58.3 Å². The normalized spacial score (nSPS) is 20.2. The van der Waals surface area contributed by atoms with Crippen LogP contribution >= 0.6 is 0 Å². The van der Waals surface area contributed by atoms with E-state index in [9.17, 15) is 4.79 Å². The van der Waals surface area contributed by atoms with Crippen LogP contribution in [0, 0.1) is 0 Å². The molecule has 0 N–H and O–H groups in total. The summed E-state index contributed by atoms with van der Waals surface area (Å²) < 4.78 is 11.3. The molecule has 34 heavy (non-hydrogen) atoms. The largest absolute Gasteiger partial charge is 0.493 e. The molecule has 1 atom stereocenters. The molecule has 5 nitrogen and oxygen atoms in total. The number of benzene rings is 2. The second kappa shape index (κ2) is 12.9. The number of esters is 1. The summed E-state index contributed by atoms with van der Waals surface area (Å²) in [5, 5.41) is 0. The van der Waals surface area contributed by atoms with Gasteiger partial charge in [-0.25, -0.2) is 0 Å². The minimum atomic E-state index is -0.0290. The minimum Gasteiger partial charge on any atom is -0.493 e. The third-order valence-electron chi connectivity index (χ3n) is 7.27. The van der Waals surface area contributed by atoms with Gasteiger partial charge in [0.05, 0.1) is 13.2 Å². The van der Waals surface area contributed by atoms with Crippen molar-refractivity contribution in [2.45, 2.75) is 64.0 Å². The molecule has 0 saturated carbocycles. The molecule has 2 aromatic carbocycles. The summed E-state index contributed by atoms with van der Waals surface area (Å²) >= 11 is 0. The van der Waals surface area contributed by atoms with Gasteiger partial charge in [0.15, 0.2) is 0 Å². The number of nitrogens with zero attached hydrogens (tertiary/aromatic N) is 2. The molecule has 2 aromatic rings. The molecule has 2 aliphatic rings. The summed E-state index contributed by atoms with van der Waals surface area (Å²) in [5.74, 6) is 0.926. The van der Waals surface area contributed by atoms with Crippen LogP contribution in [-0.2, 0) is 22.4 Å². The SMILES string of the molecule is CCOC(=O)C1CCCCN1C1CCN(CCc2ccc(OCCc3ccccc3)cc2)CC1. The van der Waals surface area contributed by atoms with E-state index in [4.69, 9.17) is 9.47 Å². The van der Waals surface area contributed by atoms with Crippen LogP contribution in [0.5, 0.6) is 5.75 Å². The Balaban J connectivity index is 1.17. The average molecular weight is 465 g/mol. The molecule has 184 valence electrons. The number of carbonyl (C=O) groups excluding carboxylic acids is 1. The number of hydrogen-bond acceptors (Lipinski definition) is 5. The summed E-state index contributed by atoms with van der Waals surface area (Å²) in [6.07, 6.45) is 7.55. The molecule has 0 aliphatic carbocycles. The van der Waals surface area contributed by atoms with Crippen LogP contribution in [0.1, 0.15) is 50.2 Å². The van der Waals surface area contributed by atoms with Crippen molar-refractivity contribution in [3.63, 3.8) is 0 Å². The van der Waals surface area contributed by atoms with E-state index in [1.54, 1.807) is 0 Å². The van der Waals surface area contributed by atoms with Crippen molar-refractivity contribution in [3.8, 4) is 5.75 Å². The van der Waals surface area contributed by atoms with Crippen LogP contribution in [0.25, 0.3) is 0 Å². The molecule has 1 unspecified atom stereocenters. The number of hydrogen-bond donors (Lipinski definition) is 0. The predicted octanol–water partition coefficient (Wildman–Crippen LogP) is 4.73. The first-order valence-corrected chi connectivity index (χ1v) is 13.1. The van der Waals surface area contributed by atoms with Crippen LogP contribution in [0.2, 0.25) is 0 Å². The van der Waals surface area contributed by atoms with Crippen LogP contribution in [-0.4, -0.2) is 67.2 Å². The maximum Gasteiger partial charge on any atom is 0.323 e. The smallest absolute Gasteiger partial charge is 0.323 e. The summed E-state index contributed by atoms with van der Waals surface area (Å²) in [4.78, 5) is 17.5. The lowest BCUT2D eigenvalue weighted by Crippen LogP contribution is -2.54. The van der Waals surface area contributed by atoms with Gasteiger partial charge in [-0.05, 0) is 81.9 Å². The van der Waals surface area contributed by atoms with Crippen molar-refractivity contribution in [1.82, 2.24) is 9.80 Å². The van der Waals surface area contributed by atoms with Crippen molar-refractivity contribution in [2.24, 2.45) is 0 Å². The number of ether oxygens (including phenoxy) is 2. The van der Waals surface area contributed by atoms with Crippen molar-refractivity contribution in [1.29, 1.82) is 0 Å². The van der Waals surface area contributed by atoms with Crippen LogP contribution in [0.15, 0.2) is 54.6 Å². The van der Waals surface area contributed by atoms with Gasteiger partial charge < -0.3 is 14.4 Å². The lowest BCUT2D eigenvalue weighted by atomic mass is 9.95. The van der Waals surface area contributed by atoms with Crippen LogP contribution in [0.3, 0.4) is 0 Å². The third-order valence-corrected chi connectivity index (χ3v) is 7.27. The quantitative estimate of drug-likeness (QED) is 0.476. The molecule has 0 radical (unpaired) electrons. The molecule has 2 fully saturated rings. The molecule has 2 heterocycles. The molecular formula is C29H40N2O3. The summed E-state index contributed by atoms with van der Waals surface area (Å²) in [5.41, 5.74) is 2.66. The molecule has 0 aromatic heterocycles. The molecular weight excluding hydrogens is 424 g/mol. The zero-order chi connectivity index (χ0) is 23.6. The van der Waals surface area contributed by atoms with E-state index in [0.717, 1.165) is 70.5 Å². The minimum absolute atomic E-state index is 0.0166. The Hall–Kier alpha value is -2.37. The summed E-state index contributed by atoms with van der Waals surface area (Å²) in [7, 11) is 0. The lowest BCUT2D eigenvalue weighted by molar-refractivity contribution is -0.152. The van der Waals surface area contributed by atoms with Gasteiger partial charge in [-0.1, -0.05) is 48.9 Å². The van der Waals surface area contributed by atoms with Crippen LogP contribution in [0.4, 0.5) is 0 Å². The second-order valence-electron chi connectivity index (χ2n) is 9.55. The molecule has 0 spiro atoms. The maximum atomic E-state index is 12.4. The predicted molar refractivity (Wildman–Crippen MR) is 136 cm³/mol. The standard InChI is InChI=1S/C29H40N2O3/c1-2-33-29(32)28-10-6-7-19-31(28)26-16-21-30(22-17-26)20-15-25-11-13-27(14-12-25)34-23-18-24-8-4-3-5-9-24/h3-5,8-9,11-14,26,28H,2,6-7,10,15-23H2,1H3. The molecule has 4 rings (SSSR count). The Labute approximate surface area is 205 Å². The molecule has 2 saturated heterocycles. The maximum absolute atomic E-state index is 12.4. The van der Waals surface area contributed by atoms with E-state index in [1.807, 2.05) is 13.0 Å². The second-order valence-corrected chi connectivity index (χ2v) is 9.55. The van der Waals surface area contributed by atoms with Gasteiger partial charge in [-0.2, -0.15) is 0 Å². The number of likely N-dealkylation sites (tertiary alicyclic amines) is 2. The van der Waals surface area contributed by atoms with E-state index in [1.165, 1.54) is 17.5 Å². The topological polar surface area (TPSA) is 42.0 Å². The van der Waals surface area contributed by atoms with Crippen molar-refractivity contribution < 1.29 is 14.3 Å². The highest BCUT2D eigenvalue weighted by Gasteiger charge is 2.35. The molecule has 5 heteroatoms. The van der Waals surface area contributed by atoms with E-state index < -0.39 is 0 Å². The van der Waals surface area contributed by atoms with E-state index in [-0.39, 0.29) is 12.0 Å². The first-order chi connectivity index (χ1) is 16.7. The monoisotopic (exact) mass is 464 g/mol.